The molecule has 132 valence electrons. The van der Waals surface area contributed by atoms with Gasteiger partial charge in [0.1, 0.15) is 6.04 Å². The summed E-state index contributed by atoms with van der Waals surface area (Å²) in [5.41, 5.74) is 1.02. The molecule has 0 unspecified atom stereocenters. The highest BCUT2D eigenvalue weighted by Crippen LogP contribution is 2.10. The molecule has 1 aromatic rings. The minimum Gasteiger partial charge on any atom is -0.378 e. The fraction of sp³-hybridized carbons (Fsp3) is 0.556. The Balaban J connectivity index is 1.89. The van der Waals surface area contributed by atoms with Crippen molar-refractivity contribution in [2.45, 2.75) is 32.9 Å². The molecule has 3 amide bonds. The Morgan fingerprint density at radius 3 is 2.46 bits per heavy atom. The molecule has 0 bridgehead atoms. The van der Waals surface area contributed by atoms with Gasteiger partial charge in [-0.05, 0) is 17.9 Å². The number of rotatable bonds is 6. The second kappa shape index (κ2) is 9.27. The highest BCUT2D eigenvalue weighted by Gasteiger charge is 2.27. The molecule has 1 heterocycles. The predicted molar refractivity (Wildman–Crippen MR) is 92.5 cm³/mol. The Hall–Kier alpha value is -2.08. The van der Waals surface area contributed by atoms with Crippen LogP contribution in [0.4, 0.5) is 4.79 Å². The van der Waals surface area contributed by atoms with E-state index in [2.05, 4.69) is 10.6 Å². The molecule has 1 aliphatic rings. The van der Waals surface area contributed by atoms with Crippen LogP contribution in [0.1, 0.15) is 25.8 Å². The molecule has 1 aliphatic heterocycles. The van der Waals surface area contributed by atoms with Gasteiger partial charge in [-0.1, -0.05) is 44.2 Å². The number of carbonyl (C=O) groups is 2. The van der Waals surface area contributed by atoms with Gasteiger partial charge < -0.3 is 20.3 Å². The van der Waals surface area contributed by atoms with Gasteiger partial charge in [-0.2, -0.15) is 0 Å². The van der Waals surface area contributed by atoms with Gasteiger partial charge >= 0.3 is 6.03 Å². The van der Waals surface area contributed by atoms with E-state index in [0.717, 1.165) is 5.56 Å². The normalized spacial score (nSPS) is 15.9. The van der Waals surface area contributed by atoms with Crippen LogP contribution in [-0.2, 0) is 16.1 Å². The number of urea groups is 1. The first-order chi connectivity index (χ1) is 11.6. The number of amides is 3. The molecule has 0 aromatic heterocycles. The maximum absolute atomic E-state index is 12.7. The van der Waals surface area contributed by atoms with E-state index >= 15 is 0 Å². The van der Waals surface area contributed by atoms with Crippen LogP contribution in [0, 0.1) is 5.92 Å². The molecular formula is C18H27N3O3. The van der Waals surface area contributed by atoms with Gasteiger partial charge in [0.05, 0.1) is 13.2 Å². The van der Waals surface area contributed by atoms with Crippen molar-refractivity contribution in [2.75, 3.05) is 26.3 Å². The zero-order valence-corrected chi connectivity index (χ0v) is 14.5. The summed E-state index contributed by atoms with van der Waals surface area (Å²) in [7, 11) is 0. The SMILES string of the molecule is CC(C)C[C@H](NC(=O)NCc1ccccc1)C(=O)N1CCOCC1. The van der Waals surface area contributed by atoms with Crippen molar-refractivity contribution < 1.29 is 14.3 Å². The van der Waals surface area contributed by atoms with Crippen molar-refractivity contribution >= 4 is 11.9 Å². The number of nitrogens with one attached hydrogen (secondary N) is 2. The maximum Gasteiger partial charge on any atom is 0.315 e. The third-order valence-corrected chi connectivity index (χ3v) is 3.93. The zero-order chi connectivity index (χ0) is 17.4. The van der Waals surface area contributed by atoms with Crippen molar-refractivity contribution in [3.8, 4) is 0 Å². The standard InChI is InChI=1S/C18H27N3O3/c1-14(2)12-16(17(22)21-8-10-24-11-9-21)20-18(23)19-13-15-6-4-3-5-7-15/h3-7,14,16H,8-13H2,1-2H3,(H2,19,20,23)/t16-/m0/s1. The Kier molecular flexibility index (Phi) is 7.06. The van der Waals surface area contributed by atoms with E-state index in [9.17, 15) is 9.59 Å². The van der Waals surface area contributed by atoms with Crippen molar-refractivity contribution in [1.82, 2.24) is 15.5 Å². The number of hydrogen-bond donors (Lipinski definition) is 2. The third kappa shape index (κ3) is 5.85. The number of benzene rings is 1. The molecule has 1 atom stereocenters. The minimum absolute atomic E-state index is 0.0261. The Morgan fingerprint density at radius 2 is 1.83 bits per heavy atom. The van der Waals surface area contributed by atoms with Gasteiger partial charge in [-0.3, -0.25) is 4.79 Å². The van der Waals surface area contributed by atoms with Crippen LogP contribution in [0.5, 0.6) is 0 Å². The Labute approximate surface area is 143 Å². The monoisotopic (exact) mass is 333 g/mol. The molecule has 2 rings (SSSR count). The highest BCUT2D eigenvalue weighted by atomic mass is 16.5. The smallest absolute Gasteiger partial charge is 0.315 e. The molecular weight excluding hydrogens is 306 g/mol. The fourth-order valence-electron chi connectivity index (χ4n) is 2.68. The van der Waals surface area contributed by atoms with E-state index in [-0.39, 0.29) is 11.9 Å². The molecule has 1 aromatic carbocycles. The number of morpholine rings is 1. The summed E-state index contributed by atoms with van der Waals surface area (Å²) in [4.78, 5) is 26.6. The van der Waals surface area contributed by atoms with Crippen molar-refractivity contribution in [3.05, 3.63) is 35.9 Å². The molecule has 2 N–H and O–H groups in total. The summed E-state index contributed by atoms with van der Waals surface area (Å²) in [5, 5.41) is 5.65. The van der Waals surface area contributed by atoms with Crippen LogP contribution in [0.3, 0.4) is 0 Å². The first-order valence-electron chi connectivity index (χ1n) is 8.51. The van der Waals surface area contributed by atoms with Gasteiger partial charge in [0.15, 0.2) is 0 Å². The summed E-state index contributed by atoms with van der Waals surface area (Å²) in [6, 6.07) is 8.88. The lowest BCUT2D eigenvalue weighted by Gasteiger charge is -2.31. The largest absolute Gasteiger partial charge is 0.378 e. The lowest BCUT2D eigenvalue weighted by molar-refractivity contribution is -0.137. The van der Waals surface area contributed by atoms with Gasteiger partial charge in [0, 0.05) is 19.6 Å². The number of hydrogen-bond acceptors (Lipinski definition) is 3. The highest BCUT2D eigenvalue weighted by molar-refractivity contribution is 5.87. The fourth-order valence-corrected chi connectivity index (χ4v) is 2.68. The number of carbonyl (C=O) groups excluding carboxylic acids is 2. The van der Waals surface area contributed by atoms with Crippen LogP contribution in [0.25, 0.3) is 0 Å². The molecule has 6 nitrogen and oxygen atoms in total. The van der Waals surface area contributed by atoms with Crippen LogP contribution in [-0.4, -0.2) is 49.2 Å². The van der Waals surface area contributed by atoms with Crippen LogP contribution >= 0.6 is 0 Å². The molecule has 24 heavy (non-hydrogen) atoms. The second-order valence-electron chi connectivity index (χ2n) is 6.43. The van der Waals surface area contributed by atoms with Gasteiger partial charge in [-0.25, -0.2) is 4.79 Å². The lowest BCUT2D eigenvalue weighted by Crippen LogP contribution is -2.53. The van der Waals surface area contributed by atoms with E-state index in [0.29, 0.717) is 45.2 Å². The topological polar surface area (TPSA) is 70.7 Å². The summed E-state index contributed by atoms with van der Waals surface area (Å²) in [5.74, 6) is 0.288. The average molecular weight is 333 g/mol. The van der Waals surface area contributed by atoms with E-state index < -0.39 is 6.04 Å². The average Bonchev–Trinajstić information content (AvgIpc) is 2.60. The number of ether oxygens (including phenoxy) is 1. The molecule has 0 saturated carbocycles. The Morgan fingerprint density at radius 1 is 1.17 bits per heavy atom. The molecule has 0 spiro atoms. The van der Waals surface area contributed by atoms with Gasteiger partial charge in [-0.15, -0.1) is 0 Å². The van der Waals surface area contributed by atoms with Gasteiger partial charge in [0.2, 0.25) is 5.91 Å². The number of nitrogens with zero attached hydrogens (tertiary/aromatic N) is 1. The first kappa shape index (κ1) is 18.3. The molecule has 1 fully saturated rings. The van der Waals surface area contributed by atoms with Crippen molar-refractivity contribution in [2.24, 2.45) is 5.92 Å². The summed E-state index contributed by atoms with van der Waals surface area (Å²) in [6.07, 6.45) is 0.620. The zero-order valence-electron chi connectivity index (χ0n) is 14.5. The third-order valence-electron chi connectivity index (χ3n) is 3.93. The minimum atomic E-state index is -0.501. The lowest BCUT2D eigenvalue weighted by atomic mass is 10.0. The molecule has 0 radical (unpaired) electrons. The molecule has 0 aliphatic carbocycles. The molecule has 6 heteroatoms. The van der Waals surface area contributed by atoms with Crippen molar-refractivity contribution in [3.63, 3.8) is 0 Å². The quantitative estimate of drug-likeness (QED) is 0.833. The summed E-state index contributed by atoms with van der Waals surface area (Å²) < 4.78 is 5.29. The van der Waals surface area contributed by atoms with Crippen LogP contribution in [0.15, 0.2) is 30.3 Å². The second-order valence-corrected chi connectivity index (χ2v) is 6.43. The summed E-state index contributed by atoms with van der Waals surface area (Å²) >= 11 is 0. The first-order valence-corrected chi connectivity index (χ1v) is 8.51. The summed E-state index contributed by atoms with van der Waals surface area (Å²) in [6.45, 7) is 6.81. The Bertz CT molecular complexity index is 528. The predicted octanol–water partition coefficient (Wildman–Crippen LogP) is 1.76. The molecule has 1 saturated heterocycles. The van der Waals surface area contributed by atoms with Gasteiger partial charge in [0.25, 0.3) is 0 Å². The van der Waals surface area contributed by atoms with Crippen molar-refractivity contribution in [1.29, 1.82) is 0 Å². The van der Waals surface area contributed by atoms with Crippen LogP contribution < -0.4 is 10.6 Å². The maximum atomic E-state index is 12.7. The van der Waals surface area contributed by atoms with E-state index in [4.69, 9.17) is 4.74 Å². The van der Waals surface area contributed by atoms with E-state index in [1.54, 1.807) is 4.90 Å². The van der Waals surface area contributed by atoms with E-state index in [1.807, 2.05) is 44.2 Å². The van der Waals surface area contributed by atoms with Crippen LogP contribution in [0.2, 0.25) is 0 Å². The van der Waals surface area contributed by atoms with E-state index in [1.165, 1.54) is 0 Å².